The number of benzene rings is 1. The number of carbonyl (C=O) groups excluding carboxylic acids is 1. The monoisotopic (exact) mass is 382 g/mol. The third kappa shape index (κ3) is 4.43. The molecule has 2 aromatic rings. The van der Waals surface area contributed by atoms with Gasteiger partial charge in [0.15, 0.2) is 0 Å². The Hall–Kier alpha value is -2.63. The predicted molar refractivity (Wildman–Crippen MR) is 109 cm³/mol. The zero-order valence-corrected chi connectivity index (χ0v) is 16.1. The van der Waals surface area contributed by atoms with Crippen LogP contribution in [0.15, 0.2) is 42.6 Å². The first-order chi connectivity index (χ1) is 13.7. The Labute approximate surface area is 165 Å². The number of rotatable bonds is 4. The maximum Gasteiger partial charge on any atom is 0.254 e. The Balaban J connectivity index is 1.35. The topological polar surface area (TPSA) is 48.5 Å². The minimum Gasteiger partial charge on any atom is -0.368 e. The van der Waals surface area contributed by atoms with Crippen LogP contribution in [0.2, 0.25) is 0 Å². The fourth-order valence-electron chi connectivity index (χ4n) is 4.10. The molecule has 1 saturated carbocycles. The van der Waals surface area contributed by atoms with E-state index < -0.39 is 0 Å². The molecule has 0 radical (unpaired) electrons. The van der Waals surface area contributed by atoms with Crippen molar-refractivity contribution >= 4 is 17.4 Å². The molecule has 2 aliphatic rings. The number of pyridine rings is 1. The number of amides is 1. The zero-order valence-electron chi connectivity index (χ0n) is 16.1. The van der Waals surface area contributed by atoms with Crippen LogP contribution in [0.1, 0.15) is 42.5 Å². The van der Waals surface area contributed by atoms with Crippen LogP contribution in [-0.4, -0.2) is 48.0 Å². The van der Waals surface area contributed by atoms with Crippen LogP contribution in [0.4, 0.5) is 15.9 Å². The average Bonchev–Trinajstić information content (AvgIpc) is 2.75. The molecule has 1 saturated heterocycles. The van der Waals surface area contributed by atoms with Crippen LogP contribution in [0.25, 0.3) is 0 Å². The highest BCUT2D eigenvalue weighted by atomic mass is 19.1. The van der Waals surface area contributed by atoms with Crippen molar-refractivity contribution < 1.29 is 9.18 Å². The highest BCUT2D eigenvalue weighted by Crippen LogP contribution is 2.22. The minimum absolute atomic E-state index is 0.0489. The Morgan fingerprint density at radius 3 is 2.43 bits per heavy atom. The molecule has 6 heteroatoms. The highest BCUT2D eigenvalue weighted by molar-refractivity contribution is 5.95. The van der Waals surface area contributed by atoms with Crippen molar-refractivity contribution in [1.29, 1.82) is 0 Å². The van der Waals surface area contributed by atoms with Gasteiger partial charge in [0.2, 0.25) is 0 Å². The summed E-state index contributed by atoms with van der Waals surface area (Å²) in [5, 5.41) is 3.49. The molecule has 0 spiro atoms. The summed E-state index contributed by atoms with van der Waals surface area (Å²) < 4.78 is 13.1. The molecule has 2 fully saturated rings. The molecule has 0 unspecified atom stereocenters. The van der Waals surface area contributed by atoms with E-state index in [0.29, 0.717) is 24.7 Å². The van der Waals surface area contributed by atoms with Gasteiger partial charge < -0.3 is 15.1 Å². The molecule has 4 rings (SSSR count). The van der Waals surface area contributed by atoms with E-state index in [1.807, 2.05) is 11.0 Å². The Morgan fingerprint density at radius 1 is 1.00 bits per heavy atom. The fraction of sp³-hybridized carbons (Fsp3) is 0.455. The molecule has 1 aliphatic carbocycles. The van der Waals surface area contributed by atoms with Gasteiger partial charge in [0.25, 0.3) is 5.91 Å². The van der Waals surface area contributed by atoms with Gasteiger partial charge in [-0.1, -0.05) is 19.3 Å². The van der Waals surface area contributed by atoms with Gasteiger partial charge in [0.05, 0.1) is 0 Å². The van der Waals surface area contributed by atoms with Crippen molar-refractivity contribution in [1.82, 2.24) is 9.88 Å². The molecule has 0 atom stereocenters. The van der Waals surface area contributed by atoms with Crippen LogP contribution < -0.4 is 10.2 Å². The van der Waals surface area contributed by atoms with Gasteiger partial charge in [0.1, 0.15) is 11.6 Å². The molecular formula is C22H27FN4O. The number of hydrogen-bond donors (Lipinski definition) is 1. The van der Waals surface area contributed by atoms with Crippen LogP contribution in [0.3, 0.4) is 0 Å². The summed E-state index contributed by atoms with van der Waals surface area (Å²) in [5.41, 5.74) is 1.68. The lowest BCUT2D eigenvalue weighted by atomic mass is 9.95. The Bertz CT molecular complexity index is 796. The molecule has 1 amide bonds. The molecule has 1 N–H and O–H groups in total. The molecule has 1 aromatic carbocycles. The van der Waals surface area contributed by atoms with Crippen molar-refractivity contribution in [2.24, 2.45) is 0 Å². The summed E-state index contributed by atoms with van der Waals surface area (Å²) in [6.07, 6.45) is 7.89. The van der Waals surface area contributed by atoms with Crippen LogP contribution >= 0.6 is 0 Å². The third-order valence-corrected chi connectivity index (χ3v) is 5.72. The van der Waals surface area contributed by atoms with E-state index in [9.17, 15) is 9.18 Å². The second kappa shape index (κ2) is 8.59. The van der Waals surface area contributed by atoms with Crippen LogP contribution in [0, 0.1) is 5.82 Å². The predicted octanol–water partition coefficient (Wildman–Crippen LogP) is 3.93. The molecule has 2 heterocycles. The number of anilines is 2. The smallest absolute Gasteiger partial charge is 0.254 e. The van der Waals surface area contributed by atoms with E-state index in [4.69, 9.17) is 0 Å². The zero-order chi connectivity index (χ0) is 19.3. The van der Waals surface area contributed by atoms with E-state index in [1.54, 1.807) is 24.4 Å². The van der Waals surface area contributed by atoms with Crippen molar-refractivity contribution in [3.8, 4) is 0 Å². The highest BCUT2D eigenvalue weighted by Gasteiger charge is 2.23. The summed E-state index contributed by atoms with van der Waals surface area (Å²) >= 11 is 0. The summed E-state index contributed by atoms with van der Waals surface area (Å²) in [6.45, 7) is 2.80. The largest absolute Gasteiger partial charge is 0.368 e. The maximum absolute atomic E-state index is 13.1. The van der Waals surface area contributed by atoms with Gasteiger partial charge in [-0.15, -0.1) is 0 Å². The number of nitrogens with zero attached hydrogens (tertiary/aromatic N) is 3. The van der Waals surface area contributed by atoms with Gasteiger partial charge in [-0.2, -0.15) is 0 Å². The first kappa shape index (κ1) is 18.7. The molecule has 148 valence electrons. The van der Waals surface area contributed by atoms with E-state index >= 15 is 0 Å². The maximum atomic E-state index is 13.1. The van der Waals surface area contributed by atoms with Crippen molar-refractivity contribution in [3.63, 3.8) is 0 Å². The van der Waals surface area contributed by atoms with E-state index in [2.05, 4.69) is 15.2 Å². The number of hydrogen-bond acceptors (Lipinski definition) is 4. The lowest BCUT2D eigenvalue weighted by Gasteiger charge is -2.36. The Kier molecular flexibility index (Phi) is 5.74. The molecule has 0 bridgehead atoms. The number of halogens is 1. The third-order valence-electron chi connectivity index (χ3n) is 5.72. The van der Waals surface area contributed by atoms with Crippen molar-refractivity contribution in [2.75, 3.05) is 36.4 Å². The number of piperazine rings is 1. The molecule has 1 aliphatic heterocycles. The standard InChI is InChI=1S/C22H27FN4O/c23-18-6-8-20(9-7-18)26-12-14-27(15-13-26)22(28)17-10-11-24-21(16-17)25-19-4-2-1-3-5-19/h6-11,16,19H,1-5,12-15H2,(H,24,25). The lowest BCUT2D eigenvalue weighted by molar-refractivity contribution is 0.0746. The summed E-state index contributed by atoms with van der Waals surface area (Å²) in [5.74, 6) is 0.614. The van der Waals surface area contributed by atoms with E-state index in [0.717, 1.165) is 24.6 Å². The van der Waals surface area contributed by atoms with Gasteiger partial charge >= 0.3 is 0 Å². The minimum atomic E-state index is -0.229. The summed E-state index contributed by atoms with van der Waals surface area (Å²) in [4.78, 5) is 21.4. The first-order valence-corrected chi connectivity index (χ1v) is 10.2. The van der Waals surface area contributed by atoms with Gasteiger partial charge in [-0.3, -0.25) is 4.79 Å². The average molecular weight is 382 g/mol. The molecular weight excluding hydrogens is 355 g/mol. The van der Waals surface area contributed by atoms with Crippen molar-refractivity contribution in [3.05, 3.63) is 54.0 Å². The number of nitrogens with one attached hydrogen (secondary N) is 1. The van der Waals surface area contributed by atoms with E-state index in [1.165, 1.54) is 44.2 Å². The SMILES string of the molecule is O=C(c1ccnc(NC2CCCCC2)c1)N1CCN(c2ccc(F)cc2)CC1. The first-order valence-electron chi connectivity index (χ1n) is 10.2. The van der Waals surface area contributed by atoms with Crippen LogP contribution in [-0.2, 0) is 0 Å². The van der Waals surface area contributed by atoms with Gasteiger partial charge in [0, 0.05) is 49.7 Å². The quantitative estimate of drug-likeness (QED) is 0.871. The summed E-state index contributed by atoms with van der Waals surface area (Å²) in [6, 6.07) is 10.7. The number of carbonyl (C=O) groups is 1. The Morgan fingerprint density at radius 2 is 1.71 bits per heavy atom. The van der Waals surface area contributed by atoms with Crippen molar-refractivity contribution in [2.45, 2.75) is 38.1 Å². The van der Waals surface area contributed by atoms with E-state index in [-0.39, 0.29) is 11.7 Å². The molecule has 5 nitrogen and oxygen atoms in total. The normalized spacial score (nSPS) is 18.2. The van der Waals surface area contributed by atoms with Gasteiger partial charge in [-0.05, 0) is 49.2 Å². The molecule has 28 heavy (non-hydrogen) atoms. The second-order valence-electron chi connectivity index (χ2n) is 7.66. The van der Waals surface area contributed by atoms with Crippen LogP contribution in [0.5, 0.6) is 0 Å². The van der Waals surface area contributed by atoms with Gasteiger partial charge in [-0.25, -0.2) is 9.37 Å². The fourth-order valence-corrected chi connectivity index (χ4v) is 4.10. The second-order valence-corrected chi connectivity index (χ2v) is 7.66. The molecule has 1 aromatic heterocycles. The lowest BCUT2D eigenvalue weighted by Crippen LogP contribution is -2.48. The summed E-state index contributed by atoms with van der Waals surface area (Å²) in [7, 11) is 0. The number of aromatic nitrogens is 1.